The molecule has 1 aromatic carbocycles. The Bertz CT molecular complexity index is 543. The number of benzene rings is 1. The van der Waals surface area contributed by atoms with Crippen LogP contribution in [-0.4, -0.2) is 39.0 Å². The minimum Gasteiger partial charge on any atom is -0.492 e. The summed E-state index contributed by atoms with van der Waals surface area (Å²) in [5.41, 5.74) is 1.17. The summed E-state index contributed by atoms with van der Waals surface area (Å²) in [7, 11) is -3.37. The number of ether oxygens (including phenoxy) is 1. The molecule has 1 aromatic rings. The van der Waals surface area contributed by atoms with Crippen molar-refractivity contribution in [2.75, 3.05) is 26.2 Å². The van der Waals surface area contributed by atoms with E-state index >= 15 is 0 Å². The highest BCUT2D eigenvalue weighted by Crippen LogP contribution is 2.17. The second-order valence-corrected chi connectivity index (χ2v) is 7.42. The van der Waals surface area contributed by atoms with E-state index in [2.05, 4.69) is 11.6 Å². The van der Waals surface area contributed by atoms with Crippen LogP contribution < -0.4 is 9.46 Å². The molecule has 21 heavy (non-hydrogen) atoms. The Hall–Kier alpha value is -1.11. The lowest BCUT2D eigenvalue weighted by molar-refractivity contribution is 0.275. The molecule has 0 aromatic heterocycles. The predicted octanol–water partition coefficient (Wildman–Crippen LogP) is 1.94. The zero-order valence-electron chi connectivity index (χ0n) is 12.7. The van der Waals surface area contributed by atoms with E-state index in [1.807, 2.05) is 31.2 Å². The fourth-order valence-corrected chi connectivity index (χ4v) is 3.77. The zero-order valence-corrected chi connectivity index (χ0v) is 13.5. The lowest BCUT2D eigenvalue weighted by Gasteiger charge is -2.29. The van der Waals surface area contributed by atoms with Crippen LogP contribution in [0.4, 0.5) is 0 Å². The van der Waals surface area contributed by atoms with Crippen molar-refractivity contribution >= 4 is 10.2 Å². The standard InChI is InChI=1S/C15H24N2O3S/c1-13-5-7-15(8-6-13)20-11-9-16-21(18,19)17-10-3-4-14(2)12-17/h5-8,14,16H,3-4,9-12H2,1-2H3/t14-/m1/s1. The summed E-state index contributed by atoms with van der Waals surface area (Å²) >= 11 is 0. The molecule has 1 heterocycles. The molecule has 2 rings (SSSR count). The Kier molecular flexibility index (Phi) is 5.61. The molecule has 1 aliphatic heterocycles. The molecule has 1 saturated heterocycles. The average Bonchev–Trinajstić information content (AvgIpc) is 2.45. The summed E-state index contributed by atoms with van der Waals surface area (Å²) in [5, 5.41) is 0. The molecule has 0 radical (unpaired) electrons. The normalized spacial score (nSPS) is 20.4. The number of nitrogens with zero attached hydrogens (tertiary/aromatic N) is 1. The fraction of sp³-hybridized carbons (Fsp3) is 0.600. The van der Waals surface area contributed by atoms with Gasteiger partial charge in [-0.05, 0) is 37.8 Å². The highest BCUT2D eigenvalue weighted by molar-refractivity contribution is 7.87. The van der Waals surface area contributed by atoms with E-state index in [9.17, 15) is 8.42 Å². The molecule has 0 aliphatic carbocycles. The first-order valence-corrected chi connectivity index (χ1v) is 8.85. The molecule has 0 unspecified atom stereocenters. The van der Waals surface area contributed by atoms with E-state index in [-0.39, 0.29) is 6.54 Å². The number of aryl methyl sites for hydroxylation is 1. The van der Waals surface area contributed by atoms with Gasteiger partial charge >= 0.3 is 0 Å². The summed E-state index contributed by atoms with van der Waals surface area (Å²) < 4.78 is 34.0. The van der Waals surface area contributed by atoms with Gasteiger partial charge in [0.2, 0.25) is 0 Å². The second kappa shape index (κ2) is 7.24. The van der Waals surface area contributed by atoms with Gasteiger partial charge in [-0.15, -0.1) is 0 Å². The van der Waals surface area contributed by atoms with Gasteiger partial charge in [-0.3, -0.25) is 0 Å². The van der Waals surface area contributed by atoms with E-state index in [1.165, 1.54) is 9.87 Å². The number of hydrogen-bond acceptors (Lipinski definition) is 3. The Balaban J connectivity index is 1.75. The summed E-state index contributed by atoms with van der Waals surface area (Å²) in [4.78, 5) is 0. The predicted molar refractivity (Wildman–Crippen MR) is 83.6 cm³/mol. The topological polar surface area (TPSA) is 58.6 Å². The summed E-state index contributed by atoms with van der Waals surface area (Å²) in [5.74, 6) is 1.19. The quantitative estimate of drug-likeness (QED) is 0.817. The van der Waals surface area contributed by atoms with E-state index in [1.54, 1.807) is 0 Å². The van der Waals surface area contributed by atoms with Crippen LogP contribution in [0.1, 0.15) is 25.3 Å². The van der Waals surface area contributed by atoms with Crippen LogP contribution >= 0.6 is 0 Å². The van der Waals surface area contributed by atoms with Crippen molar-refractivity contribution in [3.8, 4) is 5.75 Å². The van der Waals surface area contributed by atoms with Gasteiger partial charge in [-0.25, -0.2) is 0 Å². The molecule has 0 saturated carbocycles. The second-order valence-electron chi connectivity index (χ2n) is 5.67. The molecule has 5 nitrogen and oxygen atoms in total. The molecular formula is C15H24N2O3S. The van der Waals surface area contributed by atoms with Crippen molar-refractivity contribution in [3.63, 3.8) is 0 Å². The largest absolute Gasteiger partial charge is 0.492 e. The van der Waals surface area contributed by atoms with Crippen molar-refractivity contribution in [2.45, 2.75) is 26.7 Å². The van der Waals surface area contributed by atoms with Gasteiger partial charge in [0, 0.05) is 19.6 Å². The van der Waals surface area contributed by atoms with Crippen LogP contribution in [0.3, 0.4) is 0 Å². The van der Waals surface area contributed by atoms with Gasteiger partial charge in [0.05, 0.1) is 0 Å². The highest BCUT2D eigenvalue weighted by atomic mass is 32.2. The van der Waals surface area contributed by atoms with Crippen molar-refractivity contribution < 1.29 is 13.2 Å². The van der Waals surface area contributed by atoms with Crippen LogP contribution in [-0.2, 0) is 10.2 Å². The third kappa shape index (κ3) is 4.98. The first-order chi connectivity index (χ1) is 9.97. The van der Waals surface area contributed by atoms with E-state index in [4.69, 9.17) is 4.74 Å². The smallest absolute Gasteiger partial charge is 0.279 e. The Labute approximate surface area is 127 Å². The lowest BCUT2D eigenvalue weighted by Crippen LogP contribution is -2.46. The van der Waals surface area contributed by atoms with Crippen LogP contribution in [0.15, 0.2) is 24.3 Å². The van der Waals surface area contributed by atoms with Gasteiger partial charge in [0.25, 0.3) is 10.2 Å². The molecule has 1 N–H and O–H groups in total. The minimum absolute atomic E-state index is 0.279. The molecule has 0 bridgehead atoms. The van der Waals surface area contributed by atoms with Gasteiger partial charge in [0.15, 0.2) is 0 Å². The lowest BCUT2D eigenvalue weighted by atomic mass is 10.0. The molecule has 0 amide bonds. The average molecular weight is 312 g/mol. The monoisotopic (exact) mass is 312 g/mol. The van der Waals surface area contributed by atoms with Crippen molar-refractivity contribution in [3.05, 3.63) is 29.8 Å². The van der Waals surface area contributed by atoms with Crippen LogP contribution in [0.5, 0.6) is 5.75 Å². The van der Waals surface area contributed by atoms with E-state index in [0.717, 1.165) is 18.6 Å². The zero-order chi connectivity index (χ0) is 15.3. The molecule has 6 heteroatoms. The molecule has 1 aliphatic rings. The summed E-state index contributed by atoms with van der Waals surface area (Å²) in [6, 6.07) is 7.70. The van der Waals surface area contributed by atoms with Crippen molar-refractivity contribution in [2.24, 2.45) is 5.92 Å². The maximum absolute atomic E-state index is 12.1. The molecule has 0 spiro atoms. The molecular weight excluding hydrogens is 288 g/mol. The van der Waals surface area contributed by atoms with Gasteiger partial charge < -0.3 is 4.74 Å². The SMILES string of the molecule is Cc1ccc(OCCNS(=O)(=O)N2CCC[C@@H](C)C2)cc1. The number of nitrogens with one attached hydrogen (secondary N) is 1. The molecule has 1 fully saturated rings. The fourth-order valence-electron chi connectivity index (χ4n) is 2.43. The summed E-state index contributed by atoms with van der Waals surface area (Å²) in [6.07, 6.45) is 2.03. The first kappa shape index (κ1) is 16.3. The maximum atomic E-state index is 12.1. The van der Waals surface area contributed by atoms with Gasteiger partial charge in [-0.1, -0.05) is 24.6 Å². The maximum Gasteiger partial charge on any atom is 0.279 e. The van der Waals surface area contributed by atoms with Crippen LogP contribution in [0, 0.1) is 12.8 Å². The van der Waals surface area contributed by atoms with E-state index < -0.39 is 10.2 Å². The van der Waals surface area contributed by atoms with Gasteiger partial charge in [-0.2, -0.15) is 17.4 Å². The number of hydrogen-bond donors (Lipinski definition) is 1. The number of piperidine rings is 1. The number of rotatable bonds is 6. The van der Waals surface area contributed by atoms with Crippen LogP contribution in [0.2, 0.25) is 0 Å². The summed E-state index contributed by atoms with van der Waals surface area (Å²) in [6.45, 7) is 5.92. The first-order valence-electron chi connectivity index (χ1n) is 7.41. The van der Waals surface area contributed by atoms with Crippen molar-refractivity contribution in [1.29, 1.82) is 0 Å². The molecule has 118 valence electrons. The Morgan fingerprint density at radius 2 is 2.05 bits per heavy atom. The van der Waals surface area contributed by atoms with Gasteiger partial charge in [0.1, 0.15) is 12.4 Å². The Morgan fingerprint density at radius 3 is 2.71 bits per heavy atom. The molecule has 1 atom stereocenters. The minimum atomic E-state index is -3.37. The third-order valence-corrected chi connectivity index (χ3v) is 5.22. The van der Waals surface area contributed by atoms with Crippen LogP contribution in [0.25, 0.3) is 0 Å². The third-order valence-electron chi connectivity index (χ3n) is 3.64. The Morgan fingerprint density at radius 1 is 1.33 bits per heavy atom. The highest BCUT2D eigenvalue weighted by Gasteiger charge is 2.26. The van der Waals surface area contributed by atoms with E-state index in [0.29, 0.717) is 25.6 Å². The van der Waals surface area contributed by atoms with Crippen molar-refractivity contribution in [1.82, 2.24) is 9.03 Å².